The Morgan fingerprint density at radius 1 is 0.895 bits per heavy atom. The number of ketones is 1. The third kappa shape index (κ3) is 4.58. The van der Waals surface area contributed by atoms with E-state index in [0.29, 0.717) is 23.0 Å². The van der Waals surface area contributed by atoms with Crippen molar-refractivity contribution in [3.63, 3.8) is 0 Å². The molecule has 2 unspecified atom stereocenters. The Morgan fingerprint density at radius 3 is 2.55 bits per heavy atom. The molecular formula is C34H31NO3. The summed E-state index contributed by atoms with van der Waals surface area (Å²) in [5.41, 5.74) is 6.04. The molecule has 4 heteroatoms. The van der Waals surface area contributed by atoms with E-state index in [-0.39, 0.29) is 18.5 Å². The highest BCUT2D eigenvalue weighted by molar-refractivity contribution is 6.02. The zero-order chi connectivity index (χ0) is 25.9. The van der Waals surface area contributed by atoms with Crippen LogP contribution >= 0.6 is 0 Å². The topological polar surface area (TPSA) is 47.6 Å². The average molecular weight is 502 g/mol. The van der Waals surface area contributed by atoms with Crippen LogP contribution in [0.2, 0.25) is 0 Å². The van der Waals surface area contributed by atoms with Crippen molar-refractivity contribution in [1.82, 2.24) is 5.32 Å². The van der Waals surface area contributed by atoms with E-state index in [9.17, 15) is 4.79 Å². The first-order chi connectivity index (χ1) is 18.7. The van der Waals surface area contributed by atoms with Crippen LogP contribution < -0.4 is 25.2 Å². The highest BCUT2D eigenvalue weighted by atomic mass is 16.7. The Balaban J connectivity index is 0.000000330. The number of carbonyl (C=O) groups is 1. The van der Waals surface area contributed by atoms with Crippen molar-refractivity contribution in [3.8, 4) is 22.6 Å². The number of carbonyl (C=O) groups excluding carboxylic acids is 1. The summed E-state index contributed by atoms with van der Waals surface area (Å²) >= 11 is 0. The lowest BCUT2D eigenvalue weighted by Crippen LogP contribution is -2.38. The molecule has 2 aliphatic heterocycles. The smallest absolute Gasteiger partial charge is 0.231 e. The molecule has 2 atom stereocenters. The molecule has 0 amide bonds. The third-order valence-corrected chi connectivity index (χ3v) is 7.71. The molecular weight excluding hydrogens is 470 g/mol. The zero-order valence-electron chi connectivity index (χ0n) is 21.5. The Hall–Kier alpha value is -4.31. The van der Waals surface area contributed by atoms with Crippen molar-refractivity contribution < 1.29 is 14.3 Å². The van der Waals surface area contributed by atoms with Crippen molar-refractivity contribution in [2.45, 2.75) is 32.1 Å². The van der Waals surface area contributed by atoms with E-state index < -0.39 is 0 Å². The first-order valence-corrected chi connectivity index (χ1v) is 13.3. The quantitative estimate of drug-likeness (QED) is 0.463. The Labute approximate surface area is 223 Å². The molecule has 4 nitrogen and oxygen atoms in total. The Bertz CT molecular complexity index is 1580. The summed E-state index contributed by atoms with van der Waals surface area (Å²) in [6.07, 6.45) is 19.0. The largest absolute Gasteiger partial charge is 0.454 e. The van der Waals surface area contributed by atoms with Gasteiger partial charge in [0.25, 0.3) is 0 Å². The minimum absolute atomic E-state index is 0.130. The molecule has 2 heterocycles. The minimum Gasteiger partial charge on any atom is -0.454 e. The number of benzene rings is 3. The van der Waals surface area contributed by atoms with Gasteiger partial charge >= 0.3 is 0 Å². The van der Waals surface area contributed by atoms with E-state index in [4.69, 9.17) is 9.47 Å². The van der Waals surface area contributed by atoms with Gasteiger partial charge in [-0.15, -0.1) is 0 Å². The number of ether oxygens (including phenoxy) is 2. The van der Waals surface area contributed by atoms with Crippen LogP contribution in [0.15, 0.2) is 91.3 Å². The first kappa shape index (κ1) is 24.1. The minimum atomic E-state index is -0.130. The maximum atomic E-state index is 13.5. The summed E-state index contributed by atoms with van der Waals surface area (Å²) in [6, 6.07) is 18.7. The van der Waals surface area contributed by atoms with Crippen LogP contribution in [0, 0.1) is 5.92 Å². The molecule has 3 aromatic carbocycles. The van der Waals surface area contributed by atoms with Gasteiger partial charge in [0, 0.05) is 23.9 Å². The summed E-state index contributed by atoms with van der Waals surface area (Å²) in [5.74, 6) is 1.80. The van der Waals surface area contributed by atoms with Crippen molar-refractivity contribution >= 4 is 17.9 Å². The van der Waals surface area contributed by atoms with Crippen LogP contribution in [-0.4, -0.2) is 12.6 Å². The molecule has 0 bridgehead atoms. The lowest BCUT2D eigenvalue weighted by atomic mass is 9.76. The van der Waals surface area contributed by atoms with E-state index >= 15 is 0 Å². The zero-order valence-corrected chi connectivity index (χ0v) is 21.5. The second-order valence-electron chi connectivity index (χ2n) is 9.91. The number of rotatable bonds is 3. The average Bonchev–Trinajstić information content (AvgIpc) is 3.24. The van der Waals surface area contributed by atoms with Gasteiger partial charge in [-0.25, -0.2) is 0 Å². The third-order valence-electron chi connectivity index (χ3n) is 7.71. The molecule has 0 spiro atoms. The molecule has 4 aliphatic rings. The predicted molar refractivity (Wildman–Crippen MR) is 152 cm³/mol. The maximum Gasteiger partial charge on any atom is 0.231 e. The van der Waals surface area contributed by atoms with Gasteiger partial charge in [0.1, 0.15) is 0 Å². The number of hydrogen-bond donors (Lipinski definition) is 1. The van der Waals surface area contributed by atoms with E-state index in [0.717, 1.165) is 19.3 Å². The lowest BCUT2D eigenvalue weighted by Gasteiger charge is -2.27. The summed E-state index contributed by atoms with van der Waals surface area (Å²) < 4.78 is 10.9. The summed E-state index contributed by atoms with van der Waals surface area (Å²) in [7, 11) is 0. The molecule has 38 heavy (non-hydrogen) atoms. The first-order valence-electron chi connectivity index (χ1n) is 13.3. The monoisotopic (exact) mass is 501 g/mol. The predicted octanol–water partition coefficient (Wildman–Crippen LogP) is 5.77. The number of fused-ring (bicyclic) bond motifs is 6. The Kier molecular flexibility index (Phi) is 6.70. The van der Waals surface area contributed by atoms with Gasteiger partial charge in [0.15, 0.2) is 17.3 Å². The van der Waals surface area contributed by atoms with Crippen LogP contribution in [0.5, 0.6) is 11.5 Å². The summed E-state index contributed by atoms with van der Waals surface area (Å²) in [5, 5.41) is 5.47. The molecule has 3 aromatic rings. The van der Waals surface area contributed by atoms with Gasteiger partial charge in [0.2, 0.25) is 6.79 Å². The molecule has 0 saturated carbocycles. The highest BCUT2D eigenvalue weighted by Gasteiger charge is 2.29. The summed E-state index contributed by atoms with van der Waals surface area (Å²) in [6.45, 7) is 2.44. The van der Waals surface area contributed by atoms with Gasteiger partial charge in [-0.3, -0.25) is 4.79 Å². The molecule has 1 N–H and O–H groups in total. The van der Waals surface area contributed by atoms with E-state index in [2.05, 4.69) is 60.8 Å². The maximum absolute atomic E-state index is 13.5. The normalized spacial score (nSPS) is 19.3. The number of allylic oxidation sites excluding steroid dienone is 4. The fourth-order valence-electron chi connectivity index (χ4n) is 5.77. The number of Topliss-reactive ketones (excluding diaryl/α,β-unsaturated/α-hetero) is 1. The van der Waals surface area contributed by atoms with E-state index in [1.165, 1.54) is 32.7 Å². The van der Waals surface area contributed by atoms with Gasteiger partial charge in [-0.1, -0.05) is 67.6 Å². The van der Waals surface area contributed by atoms with Gasteiger partial charge in [-0.2, -0.15) is 0 Å². The van der Waals surface area contributed by atoms with Crippen LogP contribution in [0.1, 0.15) is 47.2 Å². The fourth-order valence-corrected chi connectivity index (χ4v) is 5.77. The van der Waals surface area contributed by atoms with Crippen LogP contribution in [0.3, 0.4) is 0 Å². The number of hydrogen-bond acceptors (Lipinski definition) is 4. The van der Waals surface area contributed by atoms with E-state index in [1.54, 1.807) is 0 Å². The number of nitrogens with one attached hydrogen (secondary N) is 1. The van der Waals surface area contributed by atoms with Gasteiger partial charge < -0.3 is 14.8 Å². The molecule has 0 radical (unpaired) electrons. The van der Waals surface area contributed by atoms with Crippen molar-refractivity contribution in [2.75, 3.05) is 6.79 Å². The molecule has 2 aliphatic carbocycles. The van der Waals surface area contributed by atoms with Crippen molar-refractivity contribution in [1.29, 1.82) is 0 Å². The molecule has 190 valence electrons. The second-order valence-corrected chi connectivity index (χ2v) is 9.91. The molecule has 0 fully saturated rings. The summed E-state index contributed by atoms with van der Waals surface area (Å²) in [4.78, 5) is 13.5. The van der Waals surface area contributed by atoms with Crippen molar-refractivity contribution in [3.05, 3.63) is 118 Å². The molecule has 0 aromatic heterocycles. The standard InChI is InChI=1S/C28H24O3.C6H7N/c1-2-17-13-20(28(29)19-8-12-26-27(15-19)31-16-30-26)14-25-22(17)10-11-23-21-6-4-3-5-18(21)7-9-24(23)25;1-2-4-6-7-5-3-1/h3-6,8-12,14-15,17,20H,2,7,13,16H2,1H3;1-7H. The highest BCUT2D eigenvalue weighted by Crippen LogP contribution is 2.36. The van der Waals surface area contributed by atoms with Crippen molar-refractivity contribution in [2.24, 2.45) is 5.92 Å². The van der Waals surface area contributed by atoms with Crippen LogP contribution in [0.4, 0.5) is 0 Å². The molecule has 7 rings (SSSR count). The fraction of sp³-hybridized carbons (Fsp3) is 0.206. The second kappa shape index (κ2) is 10.6. The SMILES string of the molecule is C1=CC=CNC=C1.CCC1CC(C(=O)c2ccc3c(c2)OCO3)C=c2c1ccc1c2=CCc2ccccc2-1. The lowest BCUT2D eigenvalue weighted by molar-refractivity contribution is 0.0941. The Morgan fingerprint density at radius 2 is 1.71 bits per heavy atom. The van der Waals surface area contributed by atoms with Crippen LogP contribution in [0.25, 0.3) is 23.3 Å². The van der Waals surface area contributed by atoms with Crippen LogP contribution in [-0.2, 0) is 6.42 Å². The molecule has 0 saturated heterocycles. The van der Waals surface area contributed by atoms with E-state index in [1.807, 2.05) is 54.9 Å². The van der Waals surface area contributed by atoms with Gasteiger partial charge in [-0.05, 0) is 88.2 Å². The van der Waals surface area contributed by atoms with Gasteiger partial charge in [0.05, 0.1) is 0 Å².